The third-order valence-electron chi connectivity index (χ3n) is 5.21. The van der Waals surface area contributed by atoms with Crippen LogP contribution in [0.3, 0.4) is 0 Å². The Morgan fingerprint density at radius 1 is 1.12 bits per heavy atom. The van der Waals surface area contributed by atoms with Crippen LogP contribution in [0.25, 0.3) is 16.7 Å². The molecular formula is C21H24N4O. The largest absolute Gasteiger partial charge is 0.349 e. The van der Waals surface area contributed by atoms with E-state index in [-0.39, 0.29) is 18.0 Å². The van der Waals surface area contributed by atoms with Crippen LogP contribution < -0.4 is 11.1 Å². The molecule has 2 aromatic carbocycles. The fraction of sp³-hybridized carbons (Fsp3) is 0.333. The number of nitrogens with one attached hydrogen (secondary N) is 1. The Kier molecular flexibility index (Phi) is 4.47. The summed E-state index contributed by atoms with van der Waals surface area (Å²) in [7, 11) is 0. The molecule has 3 aromatic rings. The van der Waals surface area contributed by atoms with E-state index in [1.54, 1.807) is 0 Å². The van der Waals surface area contributed by atoms with E-state index < -0.39 is 0 Å². The van der Waals surface area contributed by atoms with Gasteiger partial charge in [0.05, 0.1) is 11.0 Å². The number of rotatable bonds is 3. The summed E-state index contributed by atoms with van der Waals surface area (Å²) in [6.45, 7) is 1.98. The number of nitrogens with zero attached hydrogens (tertiary/aromatic N) is 2. The summed E-state index contributed by atoms with van der Waals surface area (Å²) in [5.41, 5.74) is 9.52. The van der Waals surface area contributed by atoms with Crippen molar-refractivity contribution in [3.05, 3.63) is 59.9 Å². The van der Waals surface area contributed by atoms with Crippen LogP contribution in [0, 0.1) is 6.92 Å². The number of carbonyl (C=O) groups is 1. The Morgan fingerprint density at radius 2 is 1.85 bits per heavy atom. The van der Waals surface area contributed by atoms with Crippen molar-refractivity contribution in [1.82, 2.24) is 14.9 Å². The number of benzene rings is 2. The smallest absolute Gasteiger partial charge is 0.251 e. The summed E-state index contributed by atoms with van der Waals surface area (Å²) in [5.74, 6) is 0.879. The van der Waals surface area contributed by atoms with E-state index in [1.807, 2.05) is 43.3 Å². The van der Waals surface area contributed by atoms with E-state index in [4.69, 9.17) is 5.73 Å². The summed E-state index contributed by atoms with van der Waals surface area (Å²) < 4.78 is 2.11. The minimum absolute atomic E-state index is 0.0284. The number of hydrogen-bond acceptors (Lipinski definition) is 3. The van der Waals surface area contributed by atoms with E-state index in [0.29, 0.717) is 5.56 Å². The lowest BCUT2D eigenvalue weighted by Crippen LogP contribution is -2.40. The third kappa shape index (κ3) is 3.22. The minimum Gasteiger partial charge on any atom is -0.349 e. The van der Waals surface area contributed by atoms with E-state index in [9.17, 15) is 4.79 Å². The Bertz CT molecular complexity index is 924. The van der Waals surface area contributed by atoms with Crippen molar-refractivity contribution in [3.63, 3.8) is 0 Å². The topological polar surface area (TPSA) is 72.9 Å². The predicted octanol–water partition coefficient (Wildman–Crippen LogP) is 3.33. The predicted molar refractivity (Wildman–Crippen MR) is 104 cm³/mol. The van der Waals surface area contributed by atoms with E-state index in [0.717, 1.165) is 48.2 Å². The highest BCUT2D eigenvalue weighted by molar-refractivity contribution is 5.97. The molecule has 5 nitrogen and oxygen atoms in total. The molecule has 0 atom stereocenters. The molecule has 3 N–H and O–H groups in total. The highest BCUT2D eigenvalue weighted by Gasteiger charge is 2.21. The lowest BCUT2D eigenvalue weighted by Gasteiger charge is -2.26. The maximum absolute atomic E-state index is 12.6. The van der Waals surface area contributed by atoms with Crippen molar-refractivity contribution in [2.24, 2.45) is 5.73 Å². The fourth-order valence-corrected chi connectivity index (χ4v) is 3.78. The fourth-order valence-electron chi connectivity index (χ4n) is 3.78. The van der Waals surface area contributed by atoms with Crippen molar-refractivity contribution >= 4 is 16.9 Å². The Morgan fingerprint density at radius 3 is 2.58 bits per heavy atom. The number of para-hydroxylation sites is 1. The molecular weight excluding hydrogens is 324 g/mol. The minimum atomic E-state index is -0.0284. The Balaban J connectivity index is 1.59. The van der Waals surface area contributed by atoms with Gasteiger partial charge in [-0.2, -0.15) is 0 Å². The summed E-state index contributed by atoms with van der Waals surface area (Å²) in [6.07, 6.45) is 3.86. The van der Waals surface area contributed by atoms with Gasteiger partial charge in [-0.15, -0.1) is 0 Å². The van der Waals surface area contributed by atoms with Crippen molar-refractivity contribution in [2.75, 3.05) is 0 Å². The lowest BCUT2D eigenvalue weighted by atomic mass is 9.91. The SMILES string of the molecule is Cc1nc2cc(C(=O)NC3CCC(N)CC3)ccc2n1-c1ccccc1. The number of aromatic nitrogens is 2. The van der Waals surface area contributed by atoms with Crippen molar-refractivity contribution in [1.29, 1.82) is 0 Å². The molecule has 1 aliphatic rings. The first-order chi connectivity index (χ1) is 12.6. The lowest BCUT2D eigenvalue weighted by molar-refractivity contribution is 0.0926. The highest BCUT2D eigenvalue weighted by Crippen LogP contribution is 2.23. The summed E-state index contributed by atoms with van der Waals surface area (Å²) in [6, 6.07) is 16.4. The quantitative estimate of drug-likeness (QED) is 0.762. The molecule has 4 rings (SSSR count). The van der Waals surface area contributed by atoms with Gasteiger partial charge in [0.25, 0.3) is 5.91 Å². The number of amides is 1. The zero-order chi connectivity index (χ0) is 18.1. The molecule has 0 radical (unpaired) electrons. The average molecular weight is 348 g/mol. The van der Waals surface area contributed by atoms with Crippen molar-refractivity contribution in [3.8, 4) is 5.69 Å². The zero-order valence-electron chi connectivity index (χ0n) is 15.0. The van der Waals surface area contributed by atoms with E-state index >= 15 is 0 Å². The molecule has 1 aliphatic carbocycles. The molecule has 26 heavy (non-hydrogen) atoms. The monoisotopic (exact) mass is 348 g/mol. The van der Waals surface area contributed by atoms with Gasteiger partial charge in [-0.3, -0.25) is 9.36 Å². The third-order valence-corrected chi connectivity index (χ3v) is 5.21. The van der Waals surface area contributed by atoms with Crippen LogP contribution in [0.5, 0.6) is 0 Å². The van der Waals surface area contributed by atoms with Crippen LogP contribution in [0.2, 0.25) is 0 Å². The van der Waals surface area contributed by atoms with Gasteiger partial charge in [0.1, 0.15) is 5.82 Å². The summed E-state index contributed by atoms with van der Waals surface area (Å²) >= 11 is 0. The van der Waals surface area contributed by atoms with Crippen LogP contribution in [-0.2, 0) is 0 Å². The Labute approximate surface area is 153 Å². The molecule has 1 amide bonds. The molecule has 1 saturated carbocycles. The molecule has 0 saturated heterocycles. The highest BCUT2D eigenvalue weighted by atomic mass is 16.1. The van der Waals surface area contributed by atoms with Crippen molar-refractivity contribution in [2.45, 2.75) is 44.7 Å². The van der Waals surface area contributed by atoms with Gasteiger partial charge in [0.15, 0.2) is 0 Å². The maximum Gasteiger partial charge on any atom is 0.251 e. The maximum atomic E-state index is 12.6. The first kappa shape index (κ1) is 16.8. The molecule has 0 spiro atoms. The molecule has 1 aromatic heterocycles. The number of nitrogens with two attached hydrogens (primary N) is 1. The van der Waals surface area contributed by atoms with Crippen LogP contribution in [0.15, 0.2) is 48.5 Å². The molecule has 0 unspecified atom stereocenters. The second-order valence-corrected chi connectivity index (χ2v) is 7.12. The van der Waals surface area contributed by atoms with Gasteiger partial charge in [-0.05, 0) is 62.9 Å². The van der Waals surface area contributed by atoms with Crippen LogP contribution >= 0.6 is 0 Å². The second-order valence-electron chi connectivity index (χ2n) is 7.12. The summed E-state index contributed by atoms with van der Waals surface area (Å²) in [4.78, 5) is 17.3. The van der Waals surface area contributed by atoms with Gasteiger partial charge < -0.3 is 11.1 Å². The summed E-state index contributed by atoms with van der Waals surface area (Å²) in [5, 5.41) is 3.14. The molecule has 134 valence electrons. The standard InChI is InChI=1S/C21H24N4O/c1-14-23-19-13-15(21(26)24-17-10-8-16(22)9-11-17)7-12-20(19)25(14)18-5-3-2-4-6-18/h2-7,12-13,16-17H,8-11,22H2,1H3,(H,24,26). The molecule has 1 heterocycles. The molecule has 0 aliphatic heterocycles. The van der Waals surface area contributed by atoms with Gasteiger partial charge in [-0.1, -0.05) is 18.2 Å². The first-order valence-electron chi connectivity index (χ1n) is 9.23. The second kappa shape index (κ2) is 6.92. The number of carbonyl (C=O) groups excluding carboxylic acids is 1. The van der Waals surface area contributed by atoms with Gasteiger partial charge in [0.2, 0.25) is 0 Å². The van der Waals surface area contributed by atoms with Crippen LogP contribution in [-0.4, -0.2) is 27.5 Å². The first-order valence-corrected chi connectivity index (χ1v) is 9.23. The van der Waals surface area contributed by atoms with E-state index in [1.165, 1.54) is 0 Å². The van der Waals surface area contributed by atoms with Gasteiger partial charge in [-0.25, -0.2) is 4.98 Å². The van der Waals surface area contributed by atoms with Crippen LogP contribution in [0.1, 0.15) is 41.9 Å². The van der Waals surface area contributed by atoms with Gasteiger partial charge >= 0.3 is 0 Å². The van der Waals surface area contributed by atoms with E-state index in [2.05, 4.69) is 27.0 Å². The molecule has 1 fully saturated rings. The van der Waals surface area contributed by atoms with Crippen molar-refractivity contribution < 1.29 is 4.79 Å². The van der Waals surface area contributed by atoms with Gasteiger partial charge in [0, 0.05) is 23.3 Å². The number of fused-ring (bicyclic) bond motifs is 1. The molecule has 0 bridgehead atoms. The number of hydrogen-bond donors (Lipinski definition) is 2. The van der Waals surface area contributed by atoms with Crippen LogP contribution in [0.4, 0.5) is 0 Å². The molecule has 5 heteroatoms. The average Bonchev–Trinajstić information content (AvgIpc) is 2.99. The normalized spacial score (nSPS) is 20.2. The zero-order valence-corrected chi connectivity index (χ0v) is 15.0. The Hall–Kier alpha value is -2.66. The number of imidazole rings is 1. The number of aryl methyl sites for hydroxylation is 1.